The molecule has 2 rings (SSSR count). The van der Waals surface area contributed by atoms with Crippen molar-refractivity contribution in [2.75, 3.05) is 20.3 Å². The Hall–Kier alpha value is -1.26. The molecule has 1 aliphatic heterocycles. The van der Waals surface area contributed by atoms with Gasteiger partial charge in [-0.3, -0.25) is 0 Å². The molecule has 1 heterocycles. The van der Waals surface area contributed by atoms with E-state index in [4.69, 9.17) is 19.9 Å². The van der Waals surface area contributed by atoms with Gasteiger partial charge in [0.05, 0.1) is 13.7 Å². The van der Waals surface area contributed by atoms with Crippen LogP contribution in [0.4, 0.5) is 0 Å². The minimum atomic E-state index is -0.366. The lowest BCUT2D eigenvalue weighted by atomic mass is 9.89. The summed E-state index contributed by atoms with van der Waals surface area (Å²) < 4.78 is 16.7. The van der Waals surface area contributed by atoms with Gasteiger partial charge in [-0.05, 0) is 19.9 Å². The van der Waals surface area contributed by atoms with E-state index in [0.717, 1.165) is 23.5 Å². The fourth-order valence-corrected chi connectivity index (χ4v) is 2.32. The molecule has 2 atom stereocenters. The topological polar surface area (TPSA) is 53.7 Å². The van der Waals surface area contributed by atoms with E-state index in [0.29, 0.717) is 13.2 Å². The van der Waals surface area contributed by atoms with Crippen LogP contribution >= 0.6 is 0 Å². The van der Waals surface area contributed by atoms with E-state index in [2.05, 4.69) is 0 Å². The molecule has 0 spiro atoms. The zero-order valence-electron chi connectivity index (χ0n) is 11.2. The number of fused-ring (bicyclic) bond motifs is 1. The summed E-state index contributed by atoms with van der Waals surface area (Å²) in [7, 11) is 1.64. The highest BCUT2D eigenvalue weighted by molar-refractivity contribution is 5.44. The maximum absolute atomic E-state index is 6.21. The van der Waals surface area contributed by atoms with Gasteiger partial charge in [0.1, 0.15) is 17.1 Å². The lowest BCUT2D eigenvalue weighted by molar-refractivity contribution is -0.0303. The monoisotopic (exact) mass is 251 g/mol. The molecule has 4 nitrogen and oxygen atoms in total. The molecule has 0 aromatic heterocycles. The van der Waals surface area contributed by atoms with Crippen LogP contribution in [0.3, 0.4) is 0 Å². The molecule has 0 fully saturated rings. The molecule has 0 saturated carbocycles. The first kappa shape index (κ1) is 13.2. The van der Waals surface area contributed by atoms with Crippen molar-refractivity contribution in [2.24, 2.45) is 5.73 Å². The number of rotatable bonds is 4. The first-order valence-corrected chi connectivity index (χ1v) is 6.28. The Morgan fingerprint density at radius 2 is 2.28 bits per heavy atom. The van der Waals surface area contributed by atoms with Gasteiger partial charge < -0.3 is 19.9 Å². The van der Waals surface area contributed by atoms with E-state index in [1.165, 1.54) is 0 Å². The van der Waals surface area contributed by atoms with Crippen molar-refractivity contribution in [1.82, 2.24) is 0 Å². The Bertz CT molecular complexity index is 422. The molecule has 0 bridgehead atoms. The number of hydrogen-bond donors (Lipinski definition) is 1. The molecule has 1 aliphatic rings. The minimum absolute atomic E-state index is 0.0230. The van der Waals surface area contributed by atoms with Crippen molar-refractivity contribution < 1.29 is 14.2 Å². The molecule has 1 unspecified atom stereocenters. The number of methoxy groups -OCH3 is 1. The van der Waals surface area contributed by atoms with Crippen molar-refractivity contribution in [1.29, 1.82) is 0 Å². The summed E-state index contributed by atoms with van der Waals surface area (Å²) in [5, 5.41) is 0. The fraction of sp³-hybridized carbons (Fsp3) is 0.571. The van der Waals surface area contributed by atoms with Crippen LogP contribution in [-0.2, 0) is 4.74 Å². The predicted molar refractivity (Wildman–Crippen MR) is 70.1 cm³/mol. The van der Waals surface area contributed by atoms with Crippen LogP contribution in [0.2, 0.25) is 0 Å². The molecular weight excluding hydrogens is 230 g/mol. The molecule has 1 aromatic carbocycles. The summed E-state index contributed by atoms with van der Waals surface area (Å²) in [6.45, 7) is 5.24. The molecule has 0 radical (unpaired) electrons. The second-order valence-electron chi connectivity index (χ2n) is 4.90. The molecule has 4 heteroatoms. The summed E-state index contributed by atoms with van der Waals surface area (Å²) in [5.41, 5.74) is 6.87. The molecule has 18 heavy (non-hydrogen) atoms. The highest BCUT2D eigenvalue weighted by Gasteiger charge is 2.36. The third-order valence-electron chi connectivity index (χ3n) is 3.24. The van der Waals surface area contributed by atoms with Crippen molar-refractivity contribution in [2.45, 2.75) is 31.9 Å². The molecule has 2 N–H and O–H groups in total. The summed E-state index contributed by atoms with van der Waals surface area (Å²) in [6.07, 6.45) is 0.756. The number of hydrogen-bond acceptors (Lipinski definition) is 4. The first-order valence-electron chi connectivity index (χ1n) is 6.28. The zero-order chi connectivity index (χ0) is 13.2. The van der Waals surface area contributed by atoms with Crippen molar-refractivity contribution in [3.8, 4) is 11.5 Å². The van der Waals surface area contributed by atoms with E-state index < -0.39 is 0 Å². The van der Waals surface area contributed by atoms with Gasteiger partial charge in [0.15, 0.2) is 0 Å². The molecular formula is C14H21NO3. The van der Waals surface area contributed by atoms with Gasteiger partial charge in [-0.25, -0.2) is 0 Å². The Kier molecular flexibility index (Phi) is 3.78. The van der Waals surface area contributed by atoms with Gasteiger partial charge in [-0.2, -0.15) is 0 Å². The van der Waals surface area contributed by atoms with Crippen LogP contribution in [0.25, 0.3) is 0 Å². The van der Waals surface area contributed by atoms with Gasteiger partial charge in [0.25, 0.3) is 0 Å². The maximum atomic E-state index is 6.21. The van der Waals surface area contributed by atoms with E-state index in [1.54, 1.807) is 7.11 Å². The van der Waals surface area contributed by atoms with Crippen molar-refractivity contribution >= 4 is 0 Å². The van der Waals surface area contributed by atoms with Crippen LogP contribution in [-0.4, -0.2) is 25.9 Å². The summed E-state index contributed by atoms with van der Waals surface area (Å²) >= 11 is 0. The third-order valence-corrected chi connectivity index (χ3v) is 3.24. The Labute approximate surface area is 108 Å². The first-order chi connectivity index (χ1) is 8.58. The zero-order valence-corrected chi connectivity index (χ0v) is 11.2. The van der Waals surface area contributed by atoms with Gasteiger partial charge >= 0.3 is 0 Å². The molecule has 0 saturated heterocycles. The van der Waals surface area contributed by atoms with Gasteiger partial charge in [-0.1, -0.05) is 6.07 Å². The lowest BCUT2D eigenvalue weighted by Crippen LogP contribution is -2.44. The number of benzene rings is 1. The van der Waals surface area contributed by atoms with Crippen LogP contribution < -0.4 is 15.2 Å². The van der Waals surface area contributed by atoms with Crippen LogP contribution in [0.1, 0.15) is 31.9 Å². The van der Waals surface area contributed by atoms with Crippen LogP contribution in [0.15, 0.2) is 18.2 Å². The molecule has 0 amide bonds. The summed E-state index contributed by atoms with van der Waals surface area (Å²) in [5.74, 6) is 1.58. The SMILES string of the molecule is CCOCC1(C)C[C@@H](N)c2ccc(OC)cc2O1. The Balaban J connectivity index is 2.25. The van der Waals surface area contributed by atoms with Crippen molar-refractivity contribution in [3.05, 3.63) is 23.8 Å². The molecule has 0 aliphatic carbocycles. The van der Waals surface area contributed by atoms with E-state index in [9.17, 15) is 0 Å². The lowest BCUT2D eigenvalue weighted by Gasteiger charge is -2.38. The maximum Gasteiger partial charge on any atom is 0.131 e. The second-order valence-corrected chi connectivity index (χ2v) is 4.90. The second kappa shape index (κ2) is 5.16. The van der Waals surface area contributed by atoms with E-state index >= 15 is 0 Å². The normalized spacial score (nSPS) is 26.3. The van der Waals surface area contributed by atoms with Gasteiger partial charge in [0.2, 0.25) is 0 Å². The standard InChI is InChI=1S/C14H21NO3/c1-4-17-9-14(2)8-12(15)11-6-5-10(16-3)7-13(11)18-14/h5-7,12H,4,8-9,15H2,1-3H3/t12-,14?/m1/s1. The molecule has 100 valence electrons. The third kappa shape index (κ3) is 2.60. The van der Waals surface area contributed by atoms with E-state index in [-0.39, 0.29) is 11.6 Å². The number of nitrogens with two attached hydrogens (primary N) is 1. The van der Waals surface area contributed by atoms with E-state index in [1.807, 2.05) is 32.0 Å². The smallest absolute Gasteiger partial charge is 0.131 e. The molecule has 1 aromatic rings. The van der Waals surface area contributed by atoms with Gasteiger partial charge in [-0.15, -0.1) is 0 Å². The van der Waals surface area contributed by atoms with Crippen LogP contribution in [0, 0.1) is 0 Å². The summed E-state index contributed by atoms with van der Waals surface area (Å²) in [4.78, 5) is 0. The Morgan fingerprint density at radius 1 is 1.50 bits per heavy atom. The highest BCUT2D eigenvalue weighted by Crippen LogP contribution is 2.40. The van der Waals surface area contributed by atoms with Gasteiger partial charge in [0, 0.05) is 30.7 Å². The largest absolute Gasteiger partial charge is 0.497 e. The predicted octanol–water partition coefficient (Wildman–Crippen LogP) is 2.27. The highest BCUT2D eigenvalue weighted by atomic mass is 16.5. The minimum Gasteiger partial charge on any atom is -0.497 e. The Morgan fingerprint density at radius 3 is 2.94 bits per heavy atom. The summed E-state index contributed by atoms with van der Waals surface area (Å²) in [6, 6.07) is 5.75. The number of ether oxygens (including phenoxy) is 3. The average Bonchev–Trinajstić information content (AvgIpc) is 2.35. The fourth-order valence-electron chi connectivity index (χ4n) is 2.32. The van der Waals surface area contributed by atoms with Crippen LogP contribution in [0.5, 0.6) is 11.5 Å². The quantitative estimate of drug-likeness (QED) is 0.892. The average molecular weight is 251 g/mol. The van der Waals surface area contributed by atoms with Crippen molar-refractivity contribution in [3.63, 3.8) is 0 Å².